The molecule has 2 aromatic rings. The van der Waals surface area contributed by atoms with Crippen LogP contribution in [-0.4, -0.2) is 15.6 Å². The minimum Gasteiger partial charge on any atom is -0.480 e. The summed E-state index contributed by atoms with van der Waals surface area (Å²) in [4.78, 5) is 11.3. The third-order valence-corrected chi connectivity index (χ3v) is 3.09. The molecular formula is C13H12N2O2. The van der Waals surface area contributed by atoms with Crippen LogP contribution in [0.4, 0.5) is 0 Å². The second-order valence-corrected chi connectivity index (χ2v) is 4.21. The van der Waals surface area contributed by atoms with Gasteiger partial charge in [-0.15, -0.1) is 0 Å². The van der Waals surface area contributed by atoms with Crippen molar-refractivity contribution in [3.8, 4) is 6.07 Å². The number of aromatic nitrogens is 1. The summed E-state index contributed by atoms with van der Waals surface area (Å²) in [5.41, 5.74) is -0.0586. The number of para-hydroxylation sites is 1. The zero-order valence-electron chi connectivity index (χ0n) is 9.64. The van der Waals surface area contributed by atoms with Gasteiger partial charge in [-0.2, -0.15) is 5.26 Å². The maximum Gasteiger partial charge on any atom is 0.328 e. The molecule has 1 N–H and O–H groups in total. The first-order valence-electron chi connectivity index (χ1n) is 5.20. The van der Waals surface area contributed by atoms with Crippen LogP contribution in [0.1, 0.15) is 12.5 Å². The van der Waals surface area contributed by atoms with Crippen LogP contribution in [0.2, 0.25) is 0 Å². The molecule has 4 heteroatoms. The van der Waals surface area contributed by atoms with Crippen LogP contribution in [-0.2, 0) is 17.3 Å². The molecule has 1 aromatic carbocycles. The Labute approximate surface area is 98.7 Å². The molecule has 17 heavy (non-hydrogen) atoms. The molecule has 0 aliphatic heterocycles. The number of carboxylic acid groups (broad SMARTS) is 1. The number of nitrogens with zero attached hydrogens (tertiary/aromatic N) is 2. The number of hydrogen-bond donors (Lipinski definition) is 1. The predicted molar refractivity (Wildman–Crippen MR) is 63.5 cm³/mol. The summed E-state index contributed by atoms with van der Waals surface area (Å²) in [7, 11) is 1.84. The lowest BCUT2D eigenvalue weighted by molar-refractivity contribution is -0.140. The molecule has 2 rings (SSSR count). The van der Waals surface area contributed by atoms with E-state index in [4.69, 9.17) is 5.26 Å². The molecule has 0 bridgehead atoms. The van der Waals surface area contributed by atoms with Gasteiger partial charge in [-0.05, 0) is 13.0 Å². The summed E-state index contributed by atoms with van der Waals surface area (Å²) in [5.74, 6) is -1.13. The van der Waals surface area contributed by atoms with E-state index in [9.17, 15) is 9.90 Å². The second kappa shape index (κ2) is 3.63. The van der Waals surface area contributed by atoms with Gasteiger partial charge < -0.3 is 9.67 Å². The standard InChI is InChI=1S/C13H12N2O2/c1-13(8-14,12(16)17)10-7-15(2)11-6-4-3-5-9(10)11/h3-7H,1-2H3,(H,16,17). The Kier molecular flexibility index (Phi) is 2.40. The average molecular weight is 228 g/mol. The SMILES string of the molecule is Cn1cc(C(C)(C#N)C(=O)O)c2ccccc21. The smallest absolute Gasteiger partial charge is 0.328 e. The Morgan fingerprint density at radius 1 is 1.47 bits per heavy atom. The third kappa shape index (κ3) is 1.48. The average Bonchev–Trinajstić information content (AvgIpc) is 2.67. The third-order valence-electron chi connectivity index (χ3n) is 3.09. The van der Waals surface area contributed by atoms with E-state index in [2.05, 4.69) is 0 Å². The van der Waals surface area contributed by atoms with Crippen LogP contribution in [0.25, 0.3) is 10.9 Å². The lowest BCUT2D eigenvalue weighted by Crippen LogP contribution is -2.30. The van der Waals surface area contributed by atoms with Crippen molar-refractivity contribution in [3.63, 3.8) is 0 Å². The second-order valence-electron chi connectivity index (χ2n) is 4.21. The number of benzene rings is 1. The van der Waals surface area contributed by atoms with E-state index in [1.807, 2.05) is 41.9 Å². The lowest BCUT2D eigenvalue weighted by Gasteiger charge is -2.14. The van der Waals surface area contributed by atoms with Crippen LogP contribution in [0.15, 0.2) is 30.5 Å². The van der Waals surface area contributed by atoms with Gasteiger partial charge in [0.2, 0.25) is 0 Å². The fourth-order valence-electron chi connectivity index (χ4n) is 1.96. The number of nitriles is 1. The summed E-state index contributed by atoms with van der Waals surface area (Å²) >= 11 is 0. The normalized spacial score (nSPS) is 14.2. The van der Waals surface area contributed by atoms with Gasteiger partial charge in [0.15, 0.2) is 5.41 Å². The number of carboxylic acids is 1. The highest BCUT2D eigenvalue weighted by Gasteiger charge is 2.37. The highest BCUT2D eigenvalue weighted by molar-refractivity contribution is 5.94. The number of fused-ring (bicyclic) bond motifs is 1. The molecule has 1 atom stereocenters. The van der Waals surface area contributed by atoms with Gasteiger partial charge in [0, 0.05) is 29.7 Å². The van der Waals surface area contributed by atoms with E-state index in [0.29, 0.717) is 5.56 Å². The van der Waals surface area contributed by atoms with Crippen molar-refractivity contribution in [3.05, 3.63) is 36.0 Å². The van der Waals surface area contributed by atoms with E-state index in [1.165, 1.54) is 6.92 Å². The van der Waals surface area contributed by atoms with Crippen molar-refractivity contribution < 1.29 is 9.90 Å². The number of hydrogen-bond acceptors (Lipinski definition) is 2. The molecule has 1 unspecified atom stereocenters. The number of rotatable bonds is 2. The predicted octanol–water partition coefficient (Wildman–Crippen LogP) is 2.04. The van der Waals surface area contributed by atoms with Gasteiger partial charge in [-0.1, -0.05) is 18.2 Å². The van der Waals surface area contributed by atoms with E-state index in [0.717, 1.165) is 10.9 Å². The van der Waals surface area contributed by atoms with Gasteiger partial charge >= 0.3 is 5.97 Å². The van der Waals surface area contributed by atoms with Gasteiger partial charge in [0.1, 0.15) is 0 Å². The monoisotopic (exact) mass is 228 g/mol. The maximum absolute atomic E-state index is 11.3. The Morgan fingerprint density at radius 2 is 2.12 bits per heavy atom. The highest BCUT2D eigenvalue weighted by Crippen LogP contribution is 2.31. The summed E-state index contributed by atoms with van der Waals surface area (Å²) < 4.78 is 1.84. The quantitative estimate of drug-likeness (QED) is 0.855. The first-order valence-corrected chi connectivity index (χ1v) is 5.20. The number of carbonyl (C=O) groups is 1. The molecule has 0 saturated heterocycles. The summed E-state index contributed by atoms with van der Waals surface area (Å²) in [6.45, 7) is 1.43. The summed E-state index contributed by atoms with van der Waals surface area (Å²) in [5, 5.41) is 19.2. The highest BCUT2D eigenvalue weighted by atomic mass is 16.4. The molecular weight excluding hydrogens is 216 g/mol. The van der Waals surface area contributed by atoms with Crippen LogP contribution < -0.4 is 0 Å². The minimum absolute atomic E-state index is 0.533. The van der Waals surface area contributed by atoms with E-state index in [-0.39, 0.29) is 0 Å². The fraction of sp³-hybridized carbons (Fsp3) is 0.231. The van der Waals surface area contributed by atoms with Crippen molar-refractivity contribution in [2.75, 3.05) is 0 Å². The van der Waals surface area contributed by atoms with Gasteiger partial charge in [-0.3, -0.25) is 4.79 Å². The minimum atomic E-state index is -1.51. The van der Waals surface area contributed by atoms with Crippen molar-refractivity contribution in [2.24, 2.45) is 7.05 Å². The van der Waals surface area contributed by atoms with Gasteiger partial charge in [0.05, 0.1) is 6.07 Å². The Bertz CT molecular complexity index is 636. The van der Waals surface area contributed by atoms with E-state index < -0.39 is 11.4 Å². The first-order chi connectivity index (χ1) is 8.00. The first kappa shape index (κ1) is 11.2. The number of aliphatic carboxylic acids is 1. The van der Waals surface area contributed by atoms with Crippen LogP contribution in [0.5, 0.6) is 0 Å². The Balaban J connectivity index is 2.81. The Morgan fingerprint density at radius 3 is 2.71 bits per heavy atom. The van der Waals surface area contributed by atoms with Crippen LogP contribution >= 0.6 is 0 Å². The van der Waals surface area contributed by atoms with Crippen molar-refractivity contribution in [2.45, 2.75) is 12.3 Å². The van der Waals surface area contributed by atoms with E-state index in [1.54, 1.807) is 6.20 Å². The zero-order chi connectivity index (χ0) is 12.6. The molecule has 0 saturated carbocycles. The molecule has 4 nitrogen and oxygen atoms in total. The number of aryl methyl sites for hydroxylation is 1. The molecule has 1 heterocycles. The topological polar surface area (TPSA) is 66.0 Å². The van der Waals surface area contributed by atoms with Crippen molar-refractivity contribution >= 4 is 16.9 Å². The van der Waals surface area contributed by atoms with Crippen LogP contribution in [0, 0.1) is 11.3 Å². The molecule has 0 radical (unpaired) electrons. The largest absolute Gasteiger partial charge is 0.480 e. The molecule has 0 aliphatic rings. The van der Waals surface area contributed by atoms with Crippen molar-refractivity contribution in [1.29, 1.82) is 5.26 Å². The molecule has 0 fully saturated rings. The molecule has 0 aliphatic carbocycles. The van der Waals surface area contributed by atoms with Crippen molar-refractivity contribution in [1.82, 2.24) is 4.57 Å². The maximum atomic E-state index is 11.3. The molecule has 0 amide bonds. The zero-order valence-corrected chi connectivity index (χ0v) is 9.64. The summed E-state index contributed by atoms with van der Waals surface area (Å²) in [6.07, 6.45) is 1.71. The summed E-state index contributed by atoms with van der Waals surface area (Å²) in [6, 6.07) is 9.35. The van der Waals surface area contributed by atoms with Gasteiger partial charge in [-0.25, -0.2) is 0 Å². The lowest BCUT2D eigenvalue weighted by atomic mass is 9.84. The fourth-order valence-corrected chi connectivity index (χ4v) is 1.96. The van der Waals surface area contributed by atoms with E-state index >= 15 is 0 Å². The molecule has 86 valence electrons. The van der Waals surface area contributed by atoms with Gasteiger partial charge in [0.25, 0.3) is 0 Å². The van der Waals surface area contributed by atoms with Crippen LogP contribution in [0.3, 0.4) is 0 Å². The molecule has 1 aromatic heterocycles. The Hall–Kier alpha value is -2.28. The molecule has 0 spiro atoms.